The highest BCUT2D eigenvalue weighted by Gasteiger charge is 2.12. The van der Waals surface area contributed by atoms with Crippen LogP contribution in [0.15, 0.2) is 188 Å². The first-order valence-corrected chi connectivity index (χ1v) is 16.5. The maximum atomic E-state index is 5.17. The Kier molecular flexibility index (Phi) is 6.87. The molecule has 48 heavy (non-hydrogen) atoms. The molecule has 0 atom stereocenters. The normalized spacial score (nSPS) is 11.3. The second kappa shape index (κ2) is 11.8. The van der Waals surface area contributed by atoms with Gasteiger partial charge in [0, 0.05) is 11.1 Å². The van der Waals surface area contributed by atoms with Crippen LogP contribution in [0.4, 0.5) is 0 Å². The summed E-state index contributed by atoms with van der Waals surface area (Å²) in [6.07, 6.45) is 0. The zero-order valence-corrected chi connectivity index (χ0v) is 26.3. The molecule has 0 saturated heterocycles. The van der Waals surface area contributed by atoms with E-state index < -0.39 is 0 Å². The van der Waals surface area contributed by atoms with E-state index in [1.54, 1.807) is 0 Å². The van der Waals surface area contributed by atoms with Gasteiger partial charge in [0.05, 0.1) is 11.4 Å². The molecule has 0 amide bonds. The Balaban J connectivity index is 1.16. The molecular weight excluding hydrogens is 579 g/mol. The van der Waals surface area contributed by atoms with Gasteiger partial charge in [-0.15, -0.1) is 0 Å². The molecule has 224 valence electrons. The molecular formula is C47H31N. The molecule has 0 saturated carbocycles. The third-order valence-corrected chi connectivity index (χ3v) is 9.46. The second-order valence-corrected chi connectivity index (χ2v) is 12.4. The van der Waals surface area contributed by atoms with E-state index in [0.717, 1.165) is 33.6 Å². The molecule has 0 fully saturated rings. The van der Waals surface area contributed by atoms with Crippen molar-refractivity contribution in [3.8, 4) is 55.9 Å². The van der Waals surface area contributed by atoms with Crippen molar-refractivity contribution in [2.24, 2.45) is 0 Å². The molecule has 0 radical (unpaired) electrons. The fourth-order valence-corrected chi connectivity index (χ4v) is 7.03. The van der Waals surface area contributed by atoms with E-state index in [0.29, 0.717) is 0 Å². The first-order chi connectivity index (χ1) is 23.8. The molecule has 0 aliphatic heterocycles. The summed E-state index contributed by atoms with van der Waals surface area (Å²) in [4.78, 5) is 5.17. The number of pyridine rings is 1. The monoisotopic (exact) mass is 609 g/mol. The van der Waals surface area contributed by atoms with E-state index >= 15 is 0 Å². The van der Waals surface area contributed by atoms with Crippen molar-refractivity contribution >= 4 is 32.3 Å². The minimum Gasteiger partial charge on any atom is -0.248 e. The Morgan fingerprint density at radius 2 is 0.583 bits per heavy atom. The molecule has 0 unspecified atom stereocenters. The van der Waals surface area contributed by atoms with E-state index in [1.165, 1.54) is 54.6 Å². The van der Waals surface area contributed by atoms with Crippen LogP contribution in [0.2, 0.25) is 0 Å². The van der Waals surface area contributed by atoms with Crippen LogP contribution >= 0.6 is 0 Å². The first kappa shape index (κ1) is 28.0. The number of aromatic nitrogens is 1. The highest BCUT2D eigenvalue weighted by Crippen LogP contribution is 2.38. The summed E-state index contributed by atoms with van der Waals surface area (Å²) in [5, 5.41) is 7.74. The molecule has 1 heterocycles. The fourth-order valence-electron chi connectivity index (χ4n) is 7.03. The van der Waals surface area contributed by atoms with E-state index in [2.05, 4.69) is 188 Å². The summed E-state index contributed by atoms with van der Waals surface area (Å²) < 4.78 is 0. The SMILES string of the molecule is c1ccc(-c2ccc(-c3cc(-c4cccc(-c5ccc6c7ccccc7c7ccccc7c6c5)c4)cc(-c4ccccc4)n3)cc2)cc1. The van der Waals surface area contributed by atoms with Gasteiger partial charge in [0.25, 0.3) is 0 Å². The summed E-state index contributed by atoms with van der Waals surface area (Å²) in [7, 11) is 0. The van der Waals surface area contributed by atoms with Gasteiger partial charge in [-0.05, 0) is 90.0 Å². The van der Waals surface area contributed by atoms with Gasteiger partial charge in [0.2, 0.25) is 0 Å². The van der Waals surface area contributed by atoms with Crippen LogP contribution in [0, 0.1) is 0 Å². The molecule has 9 aromatic rings. The highest BCUT2D eigenvalue weighted by atomic mass is 14.7. The third-order valence-electron chi connectivity index (χ3n) is 9.46. The maximum absolute atomic E-state index is 5.17. The number of fused-ring (bicyclic) bond motifs is 6. The van der Waals surface area contributed by atoms with Crippen LogP contribution in [0.1, 0.15) is 0 Å². The third kappa shape index (κ3) is 5.03. The van der Waals surface area contributed by atoms with Crippen LogP contribution in [0.25, 0.3) is 88.2 Å². The van der Waals surface area contributed by atoms with E-state index in [-0.39, 0.29) is 0 Å². The number of hydrogen-bond donors (Lipinski definition) is 0. The minimum atomic E-state index is 0.959. The Labute approximate surface area is 280 Å². The van der Waals surface area contributed by atoms with Gasteiger partial charge in [-0.1, -0.05) is 164 Å². The lowest BCUT2D eigenvalue weighted by molar-refractivity contribution is 1.32. The van der Waals surface area contributed by atoms with E-state index in [9.17, 15) is 0 Å². The number of hydrogen-bond acceptors (Lipinski definition) is 1. The van der Waals surface area contributed by atoms with Crippen molar-refractivity contribution in [1.82, 2.24) is 4.98 Å². The lowest BCUT2D eigenvalue weighted by atomic mass is 9.91. The Bertz CT molecular complexity index is 2550. The molecule has 1 aromatic heterocycles. The quantitative estimate of drug-likeness (QED) is 0.177. The number of rotatable bonds is 5. The van der Waals surface area contributed by atoms with Gasteiger partial charge >= 0.3 is 0 Å². The molecule has 1 heteroatoms. The zero-order chi connectivity index (χ0) is 31.9. The first-order valence-electron chi connectivity index (χ1n) is 16.5. The highest BCUT2D eigenvalue weighted by molar-refractivity contribution is 6.25. The topological polar surface area (TPSA) is 12.9 Å². The lowest BCUT2D eigenvalue weighted by Crippen LogP contribution is -1.92. The smallest absolute Gasteiger partial charge is 0.0715 e. The van der Waals surface area contributed by atoms with Gasteiger partial charge in [0.15, 0.2) is 0 Å². The molecule has 1 nitrogen and oxygen atoms in total. The van der Waals surface area contributed by atoms with Crippen LogP contribution in [0.3, 0.4) is 0 Å². The van der Waals surface area contributed by atoms with Gasteiger partial charge in [-0.25, -0.2) is 4.98 Å². The summed E-state index contributed by atoms with van der Waals surface area (Å²) in [5.74, 6) is 0. The van der Waals surface area contributed by atoms with Gasteiger partial charge in [0.1, 0.15) is 0 Å². The molecule has 0 aliphatic rings. The number of nitrogens with zero attached hydrogens (tertiary/aromatic N) is 1. The lowest BCUT2D eigenvalue weighted by Gasteiger charge is -2.13. The average Bonchev–Trinajstić information content (AvgIpc) is 3.18. The average molecular weight is 610 g/mol. The molecule has 0 N–H and O–H groups in total. The largest absolute Gasteiger partial charge is 0.248 e. The molecule has 0 bridgehead atoms. The predicted molar refractivity (Wildman–Crippen MR) is 204 cm³/mol. The summed E-state index contributed by atoms with van der Waals surface area (Å²) in [6, 6.07) is 67.5. The van der Waals surface area contributed by atoms with Crippen molar-refractivity contribution in [3.05, 3.63) is 188 Å². The number of benzene rings is 8. The Morgan fingerprint density at radius 3 is 1.19 bits per heavy atom. The Morgan fingerprint density at radius 1 is 0.208 bits per heavy atom. The van der Waals surface area contributed by atoms with Crippen LogP contribution in [0.5, 0.6) is 0 Å². The Hall–Kier alpha value is -6.31. The molecule has 0 aliphatic carbocycles. The second-order valence-electron chi connectivity index (χ2n) is 12.4. The van der Waals surface area contributed by atoms with Crippen LogP contribution in [-0.2, 0) is 0 Å². The van der Waals surface area contributed by atoms with Gasteiger partial charge < -0.3 is 0 Å². The van der Waals surface area contributed by atoms with Crippen molar-refractivity contribution in [2.45, 2.75) is 0 Å². The van der Waals surface area contributed by atoms with Crippen LogP contribution < -0.4 is 0 Å². The summed E-state index contributed by atoms with van der Waals surface area (Å²) in [5.41, 5.74) is 11.2. The van der Waals surface area contributed by atoms with Crippen molar-refractivity contribution < 1.29 is 0 Å². The van der Waals surface area contributed by atoms with Crippen molar-refractivity contribution in [2.75, 3.05) is 0 Å². The van der Waals surface area contributed by atoms with Crippen LogP contribution in [-0.4, -0.2) is 4.98 Å². The molecule has 0 spiro atoms. The van der Waals surface area contributed by atoms with Gasteiger partial charge in [-0.2, -0.15) is 0 Å². The minimum absolute atomic E-state index is 0.959. The summed E-state index contributed by atoms with van der Waals surface area (Å²) >= 11 is 0. The summed E-state index contributed by atoms with van der Waals surface area (Å²) in [6.45, 7) is 0. The van der Waals surface area contributed by atoms with E-state index in [4.69, 9.17) is 4.98 Å². The molecule has 9 rings (SSSR count). The zero-order valence-electron chi connectivity index (χ0n) is 26.3. The molecule has 8 aromatic carbocycles. The maximum Gasteiger partial charge on any atom is 0.0715 e. The van der Waals surface area contributed by atoms with Gasteiger partial charge in [-0.3, -0.25) is 0 Å². The van der Waals surface area contributed by atoms with Crippen molar-refractivity contribution in [3.63, 3.8) is 0 Å². The van der Waals surface area contributed by atoms with E-state index in [1.807, 2.05) is 0 Å². The predicted octanol–water partition coefficient (Wildman–Crippen LogP) is 12.9. The fraction of sp³-hybridized carbons (Fsp3) is 0. The standard InChI is InChI=1S/C47H31N/c1-3-12-32(13-4-1)33-22-24-35(25-23-33)47-31-39(30-46(48-47)34-14-5-2-6-15-34)37-17-11-16-36(28-37)38-26-27-44-42-20-8-7-18-40(42)41-19-9-10-21-43(41)45(44)29-38/h1-31H. The van der Waals surface area contributed by atoms with Crippen molar-refractivity contribution in [1.29, 1.82) is 0 Å².